The highest BCUT2D eigenvalue weighted by Gasteiger charge is 2.18. The van der Waals surface area contributed by atoms with Crippen LogP contribution in [0.3, 0.4) is 0 Å². The number of nitrogens with zero attached hydrogens (tertiary/aromatic N) is 1. The lowest BCUT2D eigenvalue weighted by Crippen LogP contribution is -2.15. The molecule has 3 nitrogen and oxygen atoms in total. The zero-order valence-corrected chi connectivity index (χ0v) is 19.2. The van der Waals surface area contributed by atoms with Crippen molar-refractivity contribution in [3.63, 3.8) is 0 Å². The number of aliphatic hydroxyl groups excluding tert-OH is 1. The molecule has 2 N–H and O–H groups in total. The van der Waals surface area contributed by atoms with Crippen LogP contribution >= 0.6 is 0 Å². The summed E-state index contributed by atoms with van der Waals surface area (Å²) in [5.74, 6) is 0.858. The van der Waals surface area contributed by atoms with Crippen molar-refractivity contribution in [1.29, 1.82) is 0 Å². The Hall–Kier alpha value is -2.39. The van der Waals surface area contributed by atoms with Crippen molar-refractivity contribution in [2.45, 2.75) is 66.4 Å². The molecule has 0 saturated heterocycles. The predicted molar refractivity (Wildman–Crippen MR) is 129 cm³/mol. The van der Waals surface area contributed by atoms with Crippen molar-refractivity contribution in [2.24, 2.45) is 11.8 Å². The van der Waals surface area contributed by atoms with Gasteiger partial charge in [-0.05, 0) is 67.5 Å². The maximum Gasteiger partial charge on any atom is 0.0812 e. The standard InChI is InChI=1S/C27H38N2O/c1-6-14-28-19-26(27(30)16-20(4)5)23-13-15-29-24(17-23)18-25-21(7-2)11-9-10-12-22(25)8-3/h6,9-15,17,19-21,27-28,30H,7-8,16,18H2,1-5H3/b14-6+,26-19+. The van der Waals surface area contributed by atoms with Crippen LogP contribution in [0.1, 0.15) is 65.1 Å². The first kappa shape index (κ1) is 23.9. The molecule has 0 aromatic carbocycles. The second kappa shape index (κ2) is 12.3. The summed E-state index contributed by atoms with van der Waals surface area (Å²) < 4.78 is 0. The van der Waals surface area contributed by atoms with Crippen molar-refractivity contribution >= 4 is 5.57 Å². The summed E-state index contributed by atoms with van der Waals surface area (Å²) in [4.78, 5) is 4.68. The molecule has 3 heteroatoms. The molecule has 2 rings (SSSR count). The Bertz CT molecular complexity index is 827. The van der Waals surface area contributed by atoms with Crippen LogP contribution in [0.25, 0.3) is 5.57 Å². The molecule has 2 unspecified atom stereocenters. The van der Waals surface area contributed by atoms with E-state index in [0.717, 1.165) is 42.5 Å². The number of nitrogens with one attached hydrogen (secondary N) is 1. The van der Waals surface area contributed by atoms with Crippen LogP contribution in [0.4, 0.5) is 0 Å². The molecular formula is C27H38N2O. The zero-order chi connectivity index (χ0) is 21.9. The summed E-state index contributed by atoms with van der Waals surface area (Å²) in [7, 11) is 0. The average Bonchev–Trinajstić information content (AvgIpc) is 2.92. The zero-order valence-electron chi connectivity index (χ0n) is 19.2. The molecule has 2 atom stereocenters. The van der Waals surface area contributed by atoms with Gasteiger partial charge in [0.2, 0.25) is 0 Å². The third-order valence-electron chi connectivity index (χ3n) is 5.51. The normalized spacial score (nSPS) is 18.4. The van der Waals surface area contributed by atoms with E-state index in [2.05, 4.69) is 68.4 Å². The van der Waals surface area contributed by atoms with Gasteiger partial charge in [0.05, 0.1) is 6.10 Å². The fourth-order valence-corrected chi connectivity index (χ4v) is 3.93. The van der Waals surface area contributed by atoms with Gasteiger partial charge < -0.3 is 10.4 Å². The molecule has 1 aromatic heterocycles. The highest BCUT2D eigenvalue weighted by molar-refractivity contribution is 5.68. The van der Waals surface area contributed by atoms with Crippen molar-refractivity contribution < 1.29 is 5.11 Å². The third kappa shape index (κ3) is 6.84. The first-order valence-electron chi connectivity index (χ1n) is 11.3. The van der Waals surface area contributed by atoms with Crippen molar-refractivity contribution in [3.8, 4) is 0 Å². The fourth-order valence-electron chi connectivity index (χ4n) is 3.93. The van der Waals surface area contributed by atoms with E-state index in [1.807, 2.05) is 37.7 Å². The summed E-state index contributed by atoms with van der Waals surface area (Å²) in [5.41, 5.74) is 5.84. The Labute approximate surface area is 183 Å². The molecular weight excluding hydrogens is 368 g/mol. The van der Waals surface area contributed by atoms with Gasteiger partial charge in [-0.1, -0.05) is 63.6 Å². The van der Waals surface area contributed by atoms with Gasteiger partial charge >= 0.3 is 0 Å². The minimum atomic E-state index is -0.518. The maximum atomic E-state index is 10.9. The lowest BCUT2D eigenvalue weighted by atomic mass is 9.87. The van der Waals surface area contributed by atoms with E-state index in [4.69, 9.17) is 0 Å². The van der Waals surface area contributed by atoms with Gasteiger partial charge in [0.15, 0.2) is 0 Å². The number of aromatic nitrogens is 1. The quantitative estimate of drug-likeness (QED) is 0.475. The van der Waals surface area contributed by atoms with Gasteiger partial charge in [0.25, 0.3) is 0 Å². The van der Waals surface area contributed by atoms with Crippen molar-refractivity contribution in [2.75, 3.05) is 0 Å². The molecule has 0 amide bonds. The maximum absolute atomic E-state index is 10.9. The predicted octanol–water partition coefficient (Wildman–Crippen LogP) is 6.35. The molecule has 30 heavy (non-hydrogen) atoms. The number of hydrogen-bond donors (Lipinski definition) is 2. The van der Waals surface area contributed by atoms with E-state index in [0.29, 0.717) is 11.8 Å². The SMILES string of the molecule is C/C=C/N/C=C(\c1ccnc(CC2=C(CC)C=CC=CC2CC)c1)C(O)CC(C)C. The van der Waals surface area contributed by atoms with Crippen LogP contribution in [-0.2, 0) is 6.42 Å². The van der Waals surface area contributed by atoms with Gasteiger partial charge in [-0.3, -0.25) is 4.98 Å². The summed E-state index contributed by atoms with van der Waals surface area (Å²) in [6.45, 7) is 10.7. The molecule has 0 saturated carbocycles. The largest absolute Gasteiger partial charge is 0.388 e. The van der Waals surface area contributed by atoms with E-state index in [9.17, 15) is 5.11 Å². The number of allylic oxidation sites excluding steroid dienone is 7. The van der Waals surface area contributed by atoms with Gasteiger partial charge in [-0.2, -0.15) is 0 Å². The molecule has 0 radical (unpaired) electrons. The molecule has 0 spiro atoms. The van der Waals surface area contributed by atoms with Gasteiger partial charge in [0, 0.05) is 30.1 Å². The molecule has 1 aliphatic rings. The van der Waals surface area contributed by atoms with Crippen molar-refractivity contribution in [3.05, 3.63) is 83.5 Å². The second-order valence-electron chi connectivity index (χ2n) is 8.29. The molecule has 162 valence electrons. The number of pyridine rings is 1. The van der Waals surface area contributed by atoms with E-state index >= 15 is 0 Å². The minimum Gasteiger partial charge on any atom is -0.388 e. The van der Waals surface area contributed by atoms with Crippen LogP contribution in [-0.4, -0.2) is 16.2 Å². The minimum absolute atomic E-state index is 0.415. The lowest BCUT2D eigenvalue weighted by Gasteiger charge is -2.20. The fraction of sp³-hybridized carbons (Fsp3) is 0.444. The topological polar surface area (TPSA) is 45.2 Å². The Morgan fingerprint density at radius 2 is 2.07 bits per heavy atom. The Morgan fingerprint density at radius 1 is 1.27 bits per heavy atom. The van der Waals surface area contributed by atoms with Gasteiger partial charge in [-0.15, -0.1) is 0 Å². The first-order valence-corrected chi connectivity index (χ1v) is 11.3. The lowest BCUT2D eigenvalue weighted by molar-refractivity contribution is 0.203. The third-order valence-corrected chi connectivity index (χ3v) is 5.51. The molecule has 0 fully saturated rings. The van der Waals surface area contributed by atoms with Crippen molar-refractivity contribution in [1.82, 2.24) is 10.3 Å². The smallest absolute Gasteiger partial charge is 0.0812 e. The second-order valence-corrected chi connectivity index (χ2v) is 8.29. The van der Waals surface area contributed by atoms with E-state index in [1.54, 1.807) is 0 Å². The number of hydrogen-bond acceptors (Lipinski definition) is 3. The first-order chi connectivity index (χ1) is 14.5. The van der Waals surface area contributed by atoms with Crippen LogP contribution in [0, 0.1) is 11.8 Å². The Morgan fingerprint density at radius 3 is 2.73 bits per heavy atom. The monoisotopic (exact) mass is 406 g/mol. The van der Waals surface area contributed by atoms with E-state index in [-0.39, 0.29) is 0 Å². The molecule has 1 aromatic rings. The van der Waals surface area contributed by atoms with E-state index < -0.39 is 6.10 Å². The highest BCUT2D eigenvalue weighted by atomic mass is 16.3. The Kier molecular flexibility index (Phi) is 9.82. The average molecular weight is 407 g/mol. The van der Waals surface area contributed by atoms with Gasteiger partial charge in [0.1, 0.15) is 0 Å². The summed E-state index contributed by atoms with van der Waals surface area (Å²) in [6, 6.07) is 4.13. The number of aliphatic hydroxyl groups is 1. The summed E-state index contributed by atoms with van der Waals surface area (Å²) >= 11 is 0. The van der Waals surface area contributed by atoms with Crippen LogP contribution < -0.4 is 5.32 Å². The highest BCUT2D eigenvalue weighted by Crippen LogP contribution is 2.30. The summed E-state index contributed by atoms with van der Waals surface area (Å²) in [6.07, 6.45) is 19.6. The summed E-state index contributed by atoms with van der Waals surface area (Å²) in [5, 5.41) is 14.0. The molecule has 1 heterocycles. The molecule has 0 aliphatic heterocycles. The van der Waals surface area contributed by atoms with Crippen LogP contribution in [0.2, 0.25) is 0 Å². The van der Waals surface area contributed by atoms with Crippen LogP contribution in [0.15, 0.2) is 72.3 Å². The van der Waals surface area contributed by atoms with Gasteiger partial charge in [-0.25, -0.2) is 0 Å². The Balaban J connectivity index is 2.38. The van der Waals surface area contributed by atoms with Crippen LogP contribution in [0.5, 0.6) is 0 Å². The molecule has 1 aliphatic carbocycles. The van der Waals surface area contributed by atoms with E-state index in [1.165, 1.54) is 11.1 Å². The number of rotatable bonds is 10. The molecule has 0 bridgehead atoms.